The summed E-state index contributed by atoms with van der Waals surface area (Å²) >= 11 is 0. The first-order valence-corrected chi connectivity index (χ1v) is 7.11. The Morgan fingerprint density at radius 3 is 2.65 bits per heavy atom. The van der Waals surface area contributed by atoms with Gasteiger partial charge < -0.3 is 16.8 Å². The van der Waals surface area contributed by atoms with Crippen LogP contribution in [0.15, 0.2) is 12.1 Å². The average molecular weight is 281 g/mol. The molecule has 1 aromatic rings. The Hall–Kier alpha value is -1.78. The fourth-order valence-electron chi connectivity index (χ4n) is 2.13. The smallest absolute Gasteiger partial charge is 0.250 e. The Labute approximate surface area is 119 Å². The van der Waals surface area contributed by atoms with Crippen molar-refractivity contribution in [3.63, 3.8) is 0 Å². The van der Waals surface area contributed by atoms with Gasteiger partial charge in [-0.25, -0.2) is 4.39 Å². The second kappa shape index (κ2) is 7.72. The van der Waals surface area contributed by atoms with Crippen LogP contribution < -0.4 is 16.8 Å². The van der Waals surface area contributed by atoms with Crippen LogP contribution >= 0.6 is 0 Å². The summed E-state index contributed by atoms with van der Waals surface area (Å²) in [5.41, 5.74) is 11.3. The van der Waals surface area contributed by atoms with Crippen LogP contribution in [0.4, 0.5) is 15.8 Å². The number of carbonyl (C=O) groups is 1. The third-order valence-electron chi connectivity index (χ3n) is 3.30. The number of anilines is 2. The van der Waals surface area contributed by atoms with E-state index in [9.17, 15) is 9.18 Å². The Bertz CT molecular complexity index is 463. The molecule has 0 aromatic heterocycles. The quantitative estimate of drug-likeness (QED) is 0.505. The Morgan fingerprint density at radius 1 is 1.35 bits per heavy atom. The third-order valence-corrected chi connectivity index (χ3v) is 3.30. The van der Waals surface area contributed by atoms with Crippen molar-refractivity contribution in [1.29, 1.82) is 0 Å². The Kier molecular flexibility index (Phi) is 6.28. The van der Waals surface area contributed by atoms with E-state index in [4.69, 9.17) is 11.5 Å². The highest BCUT2D eigenvalue weighted by atomic mass is 19.1. The first kappa shape index (κ1) is 16.3. The Morgan fingerprint density at radius 2 is 2.05 bits per heavy atom. The monoisotopic (exact) mass is 281 g/mol. The lowest BCUT2D eigenvalue weighted by atomic mass is 10.1. The molecule has 0 radical (unpaired) electrons. The van der Waals surface area contributed by atoms with Gasteiger partial charge in [0.2, 0.25) is 0 Å². The molecule has 0 bridgehead atoms. The number of primary amides is 1. The molecule has 4 nitrogen and oxygen atoms in total. The highest BCUT2D eigenvalue weighted by Crippen LogP contribution is 2.23. The van der Waals surface area contributed by atoms with Gasteiger partial charge in [-0.1, -0.05) is 32.6 Å². The van der Waals surface area contributed by atoms with Crippen molar-refractivity contribution in [2.45, 2.75) is 52.0 Å². The molecule has 0 aliphatic rings. The molecule has 1 atom stereocenters. The van der Waals surface area contributed by atoms with E-state index < -0.39 is 11.7 Å². The molecular formula is C15H24FN3O. The first-order valence-electron chi connectivity index (χ1n) is 7.11. The SMILES string of the molecule is CCCCCCC(C)Nc1cc(C(N)=O)c(N)cc1F. The number of hydrogen-bond donors (Lipinski definition) is 3. The number of nitrogen functional groups attached to an aromatic ring is 1. The van der Waals surface area contributed by atoms with Crippen LogP contribution in [0.2, 0.25) is 0 Å². The molecule has 0 aliphatic carbocycles. The average Bonchev–Trinajstić information content (AvgIpc) is 2.37. The minimum absolute atomic E-state index is 0.0659. The maximum atomic E-state index is 13.8. The summed E-state index contributed by atoms with van der Waals surface area (Å²) in [6, 6.07) is 2.65. The summed E-state index contributed by atoms with van der Waals surface area (Å²) in [7, 11) is 0. The summed E-state index contributed by atoms with van der Waals surface area (Å²) in [6.45, 7) is 4.16. The second-order valence-electron chi connectivity index (χ2n) is 5.18. The van der Waals surface area contributed by atoms with Gasteiger partial charge in [0, 0.05) is 11.7 Å². The predicted octanol–water partition coefficient (Wildman–Crippen LogP) is 3.28. The van der Waals surface area contributed by atoms with E-state index in [2.05, 4.69) is 12.2 Å². The van der Waals surface area contributed by atoms with Crippen LogP contribution in [0.3, 0.4) is 0 Å². The second-order valence-corrected chi connectivity index (χ2v) is 5.18. The lowest BCUT2D eigenvalue weighted by molar-refractivity contribution is 0.100. The van der Waals surface area contributed by atoms with Crippen molar-refractivity contribution >= 4 is 17.3 Å². The van der Waals surface area contributed by atoms with Gasteiger partial charge in [-0.3, -0.25) is 4.79 Å². The number of rotatable bonds is 8. The first-order chi connectivity index (χ1) is 9.45. The number of halogens is 1. The molecule has 0 saturated carbocycles. The van der Waals surface area contributed by atoms with E-state index in [0.29, 0.717) is 0 Å². The zero-order chi connectivity index (χ0) is 15.1. The summed E-state index contributed by atoms with van der Waals surface area (Å²) in [5, 5.41) is 3.07. The fourth-order valence-corrected chi connectivity index (χ4v) is 2.13. The van der Waals surface area contributed by atoms with Gasteiger partial charge >= 0.3 is 0 Å². The van der Waals surface area contributed by atoms with Gasteiger partial charge in [0.1, 0.15) is 5.82 Å². The van der Waals surface area contributed by atoms with Gasteiger partial charge in [-0.05, 0) is 25.5 Å². The van der Waals surface area contributed by atoms with Crippen LogP contribution in [-0.4, -0.2) is 11.9 Å². The molecule has 1 amide bonds. The lowest BCUT2D eigenvalue weighted by Gasteiger charge is -2.17. The van der Waals surface area contributed by atoms with Crippen molar-refractivity contribution in [2.24, 2.45) is 5.73 Å². The van der Waals surface area contributed by atoms with Crippen LogP contribution in [0.25, 0.3) is 0 Å². The van der Waals surface area contributed by atoms with E-state index in [1.54, 1.807) is 0 Å². The van der Waals surface area contributed by atoms with Crippen LogP contribution in [-0.2, 0) is 0 Å². The largest absolute Gasteiger partial charge is 0.398 e. The molecule has 1 rings (SSSR count). The molecule has 0 saturated heterocycles. The molecule has 112 valence electrons. The summed E-state index contributed by atoms with van der Waals surface area (Å²) < 4.78 is 13.8. The van der Waals surface area contributed by atoms with E-state index in [-0.39, 0.29) is 23.0 Å². The van der Waals surface area contributed by atoms with Gasteiger partial charge in [0.25, 0.3) is 5.91 Å². The summed E-state index contributed by atoms with van der Waals surface area (Å²) in [4.78, 5) is 11.2. The normalized spacial score (nSPS) is 12.2. The maximum absolute atomic E-state index is 13.8. The summed E-state index contributed by atoms with van der Waals surface area (Å²) in [6.07, 6.45) is 5.64. The zero-order valence-corrected chi connectivity index (χ0v) is 12.2. The Balaban J connectivity index is 2.67. The van der Waals surface area contributed by atoms with Crippen molar-refractivity contribution in [3.05, 3.63) is 23.5 Å². The molecule has 0 aliphatic heterocycles. The van der Waals surface area contributed by atoms with E-state index in [1.165, 1.54) is 25.3 Å². The van der Waals surface area contributed by atoms with Gasteiger partial charge in [-0.15, -0.1) is 0 Å². The molecule has 0 spiro atoms. The van der Waals surface area contributed by atoms with Gasteiger partial charge in [0.05, 0.1) is 11.3 Å². The molecule has 20 heavy (non-hydrogen) atoms. The molecule has 0 fully saturated rings. The minimum atomic E-state index is -0.652. The van der Waals surface area contributed by atoms with Crippen LogP contribution in [0.5, 0.6) is 0 Å². The van der Waals surface area contributed by atoms with Crippen LogP contribution in [0.1, 0.15) is 56.3 Å². The van der Waals surface area contributed by atoms with Crippen molar-refractivity contribution in [2.75, 3.05) is 11.1 Å². The van der Waals surface area contributed by atoms with Crippen molar-refractivity contribution in [3.8, 4) is 0 Å². The predicted molar refractivity (Wildman–Crippen MR) is 81.2 cm³/mol. The molecule has 1 unspecified atom stereocenters. The maximum Gasteiger partial charge on any atom is 0.250 e. The standard InChI is InChI=1S/C15H24FN3O/c1-3-4-5-6-7-10(2)19-14-8-11(15(18)20)13(17)9-12(14)16/h8-10,19H,3-7,17H2,1-2H3,(H2,18,20). The molecule has 0 heterocycles. The minimum Gasteiger partial charge on any atom is -0.398 e. The highest BCUT2D eigenvalue weighted by molar-refractivity contribution is 5.99. The molecule has 1 aromatic carbocycles. The summed E-state index contributed by atoms with van der Waals surface area (Å²) in [5.74, 6) is -1.12. The van der Waals surface area contributed by atoms with Crippen LogP contribution in [0, 0.1) is 5.82 Å². The molecule has 5 N–H and O–H groups in total. The number of hydrogen-bond acceptors (Lipinski definition) is 3. The number of unbranched alkanes of at least 4 members (excludes halogenated alkanes) is 3. The highest BCUT2D eigenvalue weighted by Gasteiger charge is 2.13. The van der Waals surface area contributed by atoms with Crippen molar-refractivity contribution in [1.82, 2.24) is 0 Å². The fraction of sp³-hybridized carbons (Fsp3) is 0.533. The van der Waals surface area contributed by atoms with E-state index in [1.807, 2.05) is 6.92 Å². The van der Waals surface area contributed by atoms with Crippen molar-refractivity contribution < 1.29 is 9.18 Å². The number of nitrogens with one attached hydrogen (secondary N) is 1. The van der Waals surface area contributed by atoms with E-state index >= 15 is 0 Å². The van der Waals surface area contributed by atoms with Gasteiger partial charge in [-0.2, -0.15) is 0 Å². The zero-order valence-electron chi connectivity index (χ0n) is 12.2. The van der Waals surface area contributed by atoms with E-state index in [0.717, 1.165) is 18.9 Å². The lowest BCUT2D eigenvalue weighted by Crippen LogP contribution is -2.18. The molecule has 5 heteroatoms. The number of nitrogens with two attached hydrogens (primary N) is 2. The molecular weight excluding hydrogens is 257 g/mol. The number of benzene rings is 1. The number of carbonyl (C=O) groups excluding carboxylic acids is 1. The third kappa shape index (κ3) is 4.72. The number of amides is 1. The van der Waals surface area contributed by atoms with Gasteiger partial charge in [0.15, 0.2) is 0 Å². The topological polar surface area (TPSA) is 81.1 Å².